The van der Waals surface area contributed by atoms with Gasteiger partial charge in [0.1, 0.15) is 0 Å². The van der Waals surface area contributed by atoms with Crippen LogP contribution in [-0.2, 0) is 10.0 Å². The normalized spacial score (nSPS) is 12.0. The second-order valence-electron chi connectivity index (χ2n) is 4.52. The van der Waals surface area contributed by atoms with Crippen LogP contribution in [0.1, 0.15) is 5.69 Å². The summed E-state index contributed by atoms with van der Waals surface area (Å²) >= 11 is 8.05. The smallest absolute Gasteiger partial charge is 0.233 e. The summed E-state index contributed by atoms with van der Waals surface area (Å²) < 4.78 is 27.4. The first-order chi connectivity index (χ1) is 9.91. The molecule has 0 spiro atoms. The monoisotopic (exact) mass is 432 g/mol. The molecule has 0 atom stereocenters. The Morgan fingerprint density at radius 3 is 2.52 bits per heavy atom. The van der Waals surface area contributed by atoms with Crippen molar-refractivity contribution in [3.05, 3.63) is 56.9 Å². The van der Waals surface area contributed by atoms with E-state index in [2.05, 4.69) is 4.98 Å². The minimum Gasteiger partial charge on any atom is -0.233 e. The lowest BCUT2D eigenvalue weighted by molar-refractivity contribution is 0.588. The van der Waals surface area contributed by atoms with Crippen LogP contribution in [0.5, 0.6) is 0 Å². The molecule has 3 rings (SSSR count). The zero-order chi connectivity index (χ0) is 15.2. The molecule has 21 heavy (non-hydrogen) atoms. The van der Waals surface area contributed by atoms with Gasteiger partial charge >= 0.3 is 0 Å². The van der Waals surface area contributed by atoms with Crippen LogP contribution in [-0.4, -0.2) is 17.4 Å². The number of rotatable bonds is 2. The van der Waals surface area contributed by atoms with E-state index in [1.54, 1.807) is 49.4 Å². The Morgan fingerprint density at radius 2 is 1.86 bits per heavy atom. The number of halogens is 2. The molecule has 7 heteroatoms. The number of aromatic nitrogens is 2. The molecule has 0 saturated carbocycles. The van der Waals surface area contributed by atoms with Crippen molar-refractivity contribution >= 4 is 55.2 Å². The lowest BCUT2D eigenvalue weighted by Crippen LogP contribution is -2.15. The predicted octanol–water partition coefficient (Wildman–Crippen LogP) is 3.84. The van der Waals surface area contributed by atoms with Gasteiger partial charge in [-0.15, -0.1) is 0 Å². The zero-order valence-corrected chi connectivity index (χ0v) is 14.6. The maximum atomic E-state index is 12.8. The Hall–Kier alpha value is -1.12. The van der Waals surface area contributed by atoms with E-state index in [0.29, 0.717) is 25.5 Å². The van der Waals surface area contributed by atoms with Crippen molar-refractivity contribution in [1.29, 1.82) is 0 Å². The summed E-state index contributed by atoms with van der Waals surface area (Å²) in [5.74, 6) is 0. The quantitative estimate of drug-likeness (QED) is 0.578. The molecule has 2 heterocycles. The third kappa shape index (κ3) is 2.45. The van der Waals surface area contributed by atoms with Gasteiger partial charge in [-0.25, -0.2) is 17.4 Å². The first-order valence-corrected chi connectivity index (χ1v) is 8.95. The van der Waals surface area contributed by atoms with Crippen LogP contribution < -0.4 is 0 Å². The number of aryl methyl sites for hydroxylation is 1. The van der Waals surface area contributed by atoms with Crippen molar-refractivity contribution in [1.82, 2.24) is 8.96 Å². The highest BCUT2D eigenvalue weighted by atomic mass is 127. The van der Waals surface area contributed by atoms with Crippen LogP contribution >= 0.6 is 34.2 Å². The van der Waals surface area contributed by atoms with Crippen molar-refractivity contribution in [2.45, 2.75) is 11.8 Å². The molecule has 0 radical (unpaired) electrons. The molecule has 0 fully saturated rings. The molecule has 1 aromatic carbocycles. The first-order valence-electron chi connectivity index (χ1n) is 6.06. The zero-order valence-electron chi connectivity index (χ0n) is 10.9. The highest BCUT2D eigenvalue weighted by Crippen LogP contribution is 2.28. The van der Waals surface area contributed by atoms with Gasteiger partial charge in [0.2, 0.25) is 0 Å². The third-order valence-corrected chi connectivity index (χ3v) is 6.32. The number of hydrogen-bond acceptors (Lipinski definition) is 3. The van der Waals surface area contributed by atoms with E-state index in [-0.39, 0.29) is 4.90 Å². The van der Waals surface area contributed by atoms with E-state index in [9.17, 15) is 8.42 Å². The Morgan fingerprint density at radius 1 is 1.19 bits per heavy atom. The molecule has 2 aromatic heterocycles. The minimum atomic E-state index is -3.68. The summed E-state index contributed by atoms with van der Waals surface area (Å²) in [6.45, 7) is 1.75. The lowest BCUT2D eigenvalue weighted by Gasteiger charge is -2.09. The lowest BCUT2D eigenvalue weighted by atomic mass is 10.3. The molecule has 0 aliphatic rings. The Bertz CT molecular complexity index is 937. The van der Waals surface area contributed by atoms with Crippen molar-refractivity contribution in [2.75, 3.05) is 0 Å². The van der Waals surface area contributed by atoms with Gasteiger partial charge in [-0.3, -0.25) is 0 Å². The molecule has 0 N–H and O–H groups in total. The minimum absolute atomic E-state index is 0.231. The fourth-order valence-corrected chi connectivity index (χ4v) is 4.94. The molecular weight excluding hydrogens is 423 g/mol. The highest BCUT2D eigenvalue weighted by molar-refractivity contribution is 14.1. The van der Waals surface area contributed by atoms with E-state index < -0.39 is 10.0 Å². The third-order valence-electron chi connectivity index (χ3n) is 3.10. The first kappa shape index (κ1) is 14.8. The maximum absolute atomic E-state index is 12.8. The van der Waals surface area contributed by atoms with Crippen LogP contribution in [0, 0.1) is 10.6 Å². The summed E-state index contributed by atoms with van der Waals surface area (Å²) in [5, 5.41) is 1.22. The summed E-state index contributed by atoms with van der Waals surface area (Å²) in [5.41, 5.74) is 0.994. The van der Waals surface area contributed by atoms with Crippen molar-refractivity contribution in [3.63, 3.8) is 0 Å². The van der Waals surface area contributed by atoms with Crippen LogP contribution in [0.25, 0.3) is 11.0 Å². The fraction of sp³-hybridized carbons (Fsp3) is 0.0714. The average Bonchev–Trinajstić information content (AvgIpc) is 2.76. The average molecular weight is 433 g/mol. The summed E-state index contributed by atoms with van der Waals surface area (Å²) in [7, 11) is -3.68. The second kappa shape index (κ2) is 5.26. The molecule has 4 nitrogen and oxygen atoms in total. The highest BCUT2D eigenvalue weighted by Gasteiger charge is 2.23. The van der Waals surface area contributed by atoms with Gasteiger partial charge in [-0.05, 0) is 53.8 Å². The van der Waals surface area contributed by atoms with Gasteiger partial charge in [-0.2, -0.15) is 0 Å². The number of fused-ring (bicyclic) bond motifs is 1. The van der Waals surface area contributed by atoms with Crippen LogP contribution in [0.15, 0.2) is 47.4 Å². The van der Waals surface area contributed by atoms with Gasteiger partial charge in [0.05, 0.1) is 19.3 Å². The molecule has 0 aliphatic carbocycles. The molecule has 108 valence electrons. The van der Waals surface area contributed by atoms with Gasteiger partial charge in [0.15, 0.2) is 5.65 Å². The largest absolute Gasteiger partial charge is 0.270 e. The number of pyridine rings is 1. The van der Waals surface area contributed by atoms with Gasteiger partial charge in [-0.1, -0.05) is 29.8 Å². The van der Waals surface area contributed by atoms with Gasteiger partial charge < -0.3 is 0 Å². The Balaban J connectivity index is 2.35. The summed E-state index contributed by atoms with van der Waals surface area (Å²) in [4.78, 5) is 4.57. The molecule has 0 aliphatic heterocycles. The van der Waals surface area contributed by atoms with Crippen molar-refractivity contribution in [3.8, 4) is 0 Å². The van der Waals surface area contributed by atoms with E-state index in [0.717, 1.165) is 0 Å². The van der Waals surface area contributed by atoms with E-state index in [1.165, 1.54) is 3.97 Å². The van der Waals surface area contributed by atoms with Gasteiger partial charge in [0.25, 0.3) is 10.0 Å². The van der Waals surface area contributed by atoms with E-state index in [4.69, 9.17) is 11.6 Å². The Kier molecular flexibility index (Phi) is 3.71. The van der Waals surface area contributed by atoms with Crippen LogP contribution in [0.3, 0.4) is 0 Å². The van der Waals surface area contributed by atoms with Crippen LogP contribution in [0.2, 0.25) is 5.02 Å². The number of hydrogen-bond donors (Lipinski definition) is 0. The van der Waals surface area contributed by atoms with E-state index in [1.807, 2.05) is 22.6 Å². The number of benzene rings is 1. The fourth-order valence-electron chi connectivity index (χ4n) is 2.07. The number of nitrogens with zero attached hydrogens (tertiary/aromatic N) is 2. The van der Waals surface area contributed by atoms with E-state index >= 15 is 0 Å². The molecule has 3 aromatic rings. The molecule has 0 saturated heterocycles. The van der Waals surface area contributed by atoms with Crippen molar-refractivity contribution < 1.29 is 8.42 Å². The molecule has 0 unspecified atom stereocenters. The van der Waals surface area contributed by atoms with Gasteiger partial charge in [0, 0.05) is 5.39 Å². The summed E-state index contributed by atoms with van der Waals surface area (Å²) in [6, 6.07) is 11.8. The predicted molar refractivity (Wildman–Crippen MR) is 91.2 cm³/mol. The maximum Gasteiger partial charge on any atom is 0.270 e. The molecule has 0 bridgehead atoms. The molecule has 0 amide bonds. The second-order valence-corrected chi connectivity index (χ2v) is 7.82. The van der Waals surface area contributed by atoms with Crippen molar-refractivity contribution in [2.24, 2.45) is 0 Å². The Labute approximate surface area is 140 Å². The standard InChI is InChI=1S/C14H10ClIN2O2S/c1-9-12(15)7-10-8-13(16)18(14(10)17-9)21(19,20)11-5-3-2-4-6-11/h2-8H,1H3. The molecular formula is C14H10ClIN2O2S. The summed E-state index contributed by atoms with van der Waals surface area (Å²) in [6.07, 6.45) is 0. The SMILES string of the molecule is Cc1nc2c(cc1Cl)cc(I)n2S(=O)(=O)c1ccccc1. The van der Waals surface area contributed by atoms with Crippen LogP contribution in [0.4, 0.5) is 0 Å². The topological polar surface area (TPSA) is 52.0 Å².